The molecule has 1 aliphatic heterocycles. The first-order valence-corrected chi connectivity index (χ1v) is 9.34. The lowest BCUT2D eigenvalue weighted by Gasteiger charge is -2.34. The number of carbonyl (C=O) groups excluding carboxylic acids is 2. The number of hydrogen-bond donors (Lipinski definition) is 2. The molecule has 1 heterocycles. The van der Waals surface area contributed by atoms with Crippen molar-refractivity contribution in [1.82, 2.24) is 10.2 Å². The van der Waals surface area contributed by atoms with Gasteiger partial charge in [0.15, 0.2) is 0 Å². The van der Waals surface area contributed by atoms with Gasteiger partial charge in [0.1, 0.15) is 12.2 Å². The summed E-state index contributed by atoms with van der Waals surface area (Å²) in [5.41, 5.74) is 2.56. The molecule has 1 fully saturated rings. The second-order valence-corrected chi connectivity index (χ2v) is 6.97. The molecular formula is C21H25FN4O2. The van der Waals surface area contributed by atoms with Gasteiger partial charge in [-0.1, -0.05) is 12.1 Å². The normalized spacial score (nSPS) is 14.6. The molecule has 6 nitrogen and oxygen atoms in total. The summed E-state index contributed by atoms with van der Waals surface area (Å²) in [4.78, 5) is 28.6. The number of hydrogen-bond acceptors (Lipinski definition) is 4. The Hall–Kier alpha value is -2.93. The highest BCUT2D eigenvalue weighted by molar-refractivity contribution is 6.03. The number of anilines is 2. The molecule has 2 aromatic rings. The predicted molar refractivity (Wildman–Crippen MR) is 108 cm³/mol. The number of rotatable bonds is 6. The summed E-state index contributed by atoms with van der Waals surface area (Å²) >= 11 is 0. The van der Waals surface area contributed by atoms with Crippen molar-refractivity contribution >= 4 is 23.2 Å². The number of carbonyl (C=O) groups is 2. The molecule has 0 saturated carbocycles. The van der Waals surface area contributed by atoms with E-state index in [9.17, 15) is 14.0 Å². The molecular weight excluding hydrogens is 359 g/mol. The van der Waals surface area contributed by atoms with E-state index in [0.717, 1.165) is 37.4 Å². The van der Waals surface area contributed by atoms with Gasteiger partial charge >= 0.3 is 0 Å². The third-order valence-electron chi connectivity index (χ3n) is 4.74. The molecule has 0 aromatic heterocycles. The van der Waals surface area contributed by atoms with E-state index in [-0.39, 0.29) is 30.6 Å². The van der Waals surface area contributed by atoms with Crippen LogP contribution in [0.2, 0.25) is 0 Å². The second-order valence-electron chi connectivity index (χ2n) is 6.97. The first-order valence-electron chi connectivity index (χ1n) is 9.34. The van der Waals surface area contributed by atoms with E-state index < -0.39 is 0 Å². The van der Waals surface area contributed by atoms with Crippen molar-refractivity contribution in [2.24, 2.45) is 0 Å². The van der Waals surface area contributed by atoms with E-state index >= 15 is 0 Å². The summed E-state index contributed by atoms with van der Waals surface area (Å²) < 4.78 is 12.9. The van der Waals surface area contributed by atoms with E-state index in [1.807, 2.05) is 24.3 Å². The van der Waals surface area contributed by atoms with Gasteiger partial charge in [0.05, 0.1) is 0 Å². The Labute approximate surface area is 164 Å². The van der Waals surface area contributed by atoms with Crippen LogP contribution in [0.4, 0.5) is 15.8 Å². The lowest BCUT2D eigenvalue weighted by Crippen LogP contribution is -2.44. The molecule has 28 heavy (non-hydrogen) atoms. The summed E-state index contributed by atoms with van der Waals surface area (Å²) in [6, 6.07) is 13.5. The molecule has 3 rings (SSSR count). The maximum absolute atomic E-state index is 12.9. The smallest absolute Gasteiger partial charge is 0.233 e. The van der Waals surface area contributed by atoms with Crippen LogP contribution in [0, 0.1) is 5.82 Å². The summed E-state index contributed by atoms with van der Waals surface area (Å²) in [5.74, 6) is -1.08. The first-order chi connectivity index (χ1) is 13.5. The van der Waals surface area contributed by atoms with Crippen LogP contribution >= 0.6 is 0 Å². The Morgan fingerprint density at radius 2 is 1.57 bits per heavy atom. The van der Waals surface area contributed by atoms with Crippen molar-refractivity contribution in [3.8, 4) is 0 Å². The molecule has 2 aromatic carbocycles. The van der Waals surface area contributed by atoms with Crippen molar-refractivity contribution < 1.29 is 14.0 Å². The zero-order chi connectivity index (χ0) is 19.9. The fourth-order valence-corrected chi connectivity index (χ4v) is 3.04. The van der Waals surface area contributed by atoms with E-state index in [0.29, 0.717) is 5.69 Å². The quantitative estimate of drug-likeness (QED) is 0.750. The molecule has 0 atom stereocenters. The highest BCUT2D eigenvalue weighted by atomic mass is 19.1. The number of amides is 2. The predicted octanol–water partition coefficient (Wildman–Crippen LogP) is 2.22. The van der Waals surface area contributed by atoms with Gasteiger partial charge in [-0.15, -0.1) is 0 Å². The van der Waals surface area contributed by atoms with Crippen LogP contribution in [0.15, 0.2) is 48.5 Å². The lowest BCUT2D eigenvalue weighted by molar-refractivity contribution is -0.126. The van der Waals surface area contributed by atoms with Crippen molar-refractivity contribution in [2.75, 3.05) is 43.4 Å². The van der Waals surface area contributed by atoms with Gasteiger partial charge in [-0.25, -0.2) is 4.39 Å². The van der Waals surface area contributed by atoms with E-state index in [1.54, 1.807) is 12.1 Å². The summed E-state index contributed by atoms with van der Waals surface area (Å²) in [6.45, 7) is 4.29. The Morgan fingerprint density at radius 3 is 2.21 bits per heavy atom. The Bertz CT molecular complexity index is 800. The minimum absolute atomic E-state index is 0.256. The van der Waals surface area contributed by atoms with E-state index in [4.69, 9.17) is 0 Å². The molecule has 0 spiro atoms. The highest BCUT2D eigenvalue weighted by Crippen LogP contribution is 2.19. The molecule has 0 radical (unpaired) electrons. The SMILES string of the molecule is CN1CCN(c2ccc(NC(=O)CC(=O)NCc3ccc(F)cc3)cc2)CC1. The molecule has 7 heteroatoms. The molecule has 2 N–H and O–H groups in total. The van der Waals surface area contributed by atoms with Gasteiger partial charge in [-0.2, -0.15) is 0 Å². The van der Waals surface area contributed by atoms with Crippen LogP contribution in [-0.4, -0.2) is 49.9 Å². The van der Waals surface area contributed by atoms with Crippen molar-refractivity contribution in [3.05, 3.63) is 59.9 Å². The van der Waals surface area contributed by atoms with Crippen LogP contribution in [0.5, 0.6) is 0 Å². The third-order valence-corrected chi connectivity index (χ3v) is 4.74. The van der Waals surface area contributed by atoms with Crippen LogP contribution in [-0.2, 0) is 16.1 Å². The molecule has 0 bridgehead atoms. The van der Waals surface area contributed by atoms with Gasteiger partial charge in [0.2, 0.25) is 11.8 Å². The minimum atomic E-state index is -0.379. The number of nitrogens with one attached hydrogen (secondary N) is 2. The Kier molecular flexibility index (Phi) is 6.60. The van der Waals surface area contributed by atoms with Crippen molar-refractivity contribution in [1.29, 1.82) is 0 Å². The first kappa shape index (κ1) is 19.8. The summed E-state index contributed by atoms with van der Waals surface area (Å²) in [5, 5.41) is 5.40. The van der Waals surface area contributed by atoms with Crippen molar-refractivity contribution in [3.63, 3.8) is 0 Å². The molecule has 0 unspecified atom stereocenters. The van der Waals surface area contributed by atoms with Gasteiger partial charge in [-0.05, 0) is 49.0 Å². The van der Waals surface area contributed by atoms with Gasteiger partial charge in [-0.3, -0.25) is 9.59 Å². The third kappa shape index (κ3) is 5.79. The maximum atomic E-state index is 12.9. The van der Waals surface area contributed by atoms with Crippen LogP contribution in [0.3, 0.4) is 0 Å². The largest absolute Gasteiger partial charge is 0.369 e. The highest BCUT2D eigenvalue weighted by Gasteiger charge is 2.14. The number of nitrogens with zero attached hydrogens (tertiary/aromatic N) is 2. The Morgan fingerprint density at radius 1 is 0.929 bits per heavy atom. The zero-order valence-corrected chi connectivity index (χ0v) is 16.0. The molecule has 2 amide bonds. The molecule has 1 aliphatic rings. The monoisotopic (exact) mass is 384 g/mol. The summed E-state index contributed by atoms with van der Waals surface area (Å²) in [7, 11) is 2.12. The number of benzene rings is 2. The standard InChI is InChI=1S/C21H25FN4O2/c1-25-10-12-26(13-11-25)19-8-6-18(7-9-19)24-21(28)14-20(27)23-15-16-2-4-17(22)5-3-16/h2-9H,10-15H2,1H3,(H,23,27)(H,24,28). The average Bonchev–Trinajstić information content (AvgIpc) is 2.69. The number of likely N-dealkylation sites (N-methyl/N-ethyl adjacent to an activating group) is 1. The lowest BCUT2D eigenvalue weighted by atomic mass is 10.2. The van der Waals surface area contributed by atoms with Crippen LogP contribution < -0.4 is 15.5 Å². The fourth-order valence-electron chi connectivity index (χ4n) is 3.04. The zero-order valence-electron chi connectivity index (χ0n) is 16.0. The molecule has 0 aliphatic carbocycles. The molecule has 1 saturated heterocycles. The van der Waals surface area contributed by atoms with E-state index in [2.05, 4.69) is 27.5 Å². The minimum Gasteiger partial charge on any atom is -0.369 e. The summed E-state index contributed by atoms with van der Waals surface area (Å²) in [6.07, 6.45) is -0.262. The van der Waals surface area contributed by atoms with Crippen molar-refractivity contribution in [2.45, 2.75) is 13.0 Å². The number of piperazine rings is 1. The van der Waals surface area contributed by atoms with Gasteiger partial charge in [0.25, 0.3) is 0 Å². The maximum Gasteiger partial charge on any atom is 0.233 e. The van der Waals surface area contributed by atoms with Crippen LogP contribution in [0.1, 0.15) is 12.0 Å². The van der Waals surface area contributed by atoms with E-state index in [1.165, 1.54) is 12.1 Å². The molecule has 148 valence electrons. The number of halogens is 1. The second kappa shape index (κ2) is 9.32. The van der Waals surface area contributed by atoms with Crippen LogP contribution in [0.25, 0.3) is 0 Å². The fraction of sp³-hybridized carbons (Fsp3) is 0.333. The average molecular weight is 384 g/mol. The Balaban J connectivity index is 1.43. The topological polar surface area (TPSA) is 64.7 Å². The van der Waals surface area contributed by atoms with Gasteiger partial charge in [0, 0.05) is 44.1 Å². The van der Waals surface area contributed by atoms with Gasteiger partial charge < -0.3 is 20.4 Å².